The fourth-order valence-corrected chi connectivity index (χ4v) is 3.44. The summed E-state index contributed by atoms with van der Waals surface area (Å²) < 4.78 is 5.51. The van der Waals surface area contributed by atoms with E-state index in [1.165, 1.54) is 6.92 Å². The number of carbonyl (C=O) groups is 2. The Bertz CT molecular complexity index is 1060. The molecule has 3 aromatic rings. The quantitative estimate of drug-likeness (QED) is 0.633. The van der Waals surface area contributed by atoms with Crippen LogP contribution in [0.25, 0.3) is 0 Å². The van der Waals surface area contributed by atoms with Crippen LogP contribution in [0.1, 0.15) is 46.4 Å². The SMILES string of the molecule is CCOc1ccc(N2C(=O)c3cccnc3[C@@H]2Nc2cccc(C(C)=O)c2)cc1. The number of pyridine rings is 1. The molecule has 4 rings (SSSR count). The molecule has 0 unspecified atom stereocenters. The van der Waals surface area contributed by atoms with Gasteiger partial charge in [-0.05, 0) is 62.4 Å². The number of hydrogen-bond acceptors (Lipinski definition) is 5. The van der Waals surface area contributed by atoms with Crippen molar-refractivity contribution in [2.24, 2.45) is 0 Å². The minimum absolute atomic E-state index is 0.0157. The molecule has 1 aromatic heterocycles. The van der Waals surface area contributed by atoms with E-state index in [-0.39, 0.29) is 11.7 Å². The molecule has 2 heterocycles. The van der Waals surface area contributed by atoms with E-state index in [9.17, 15) is 9.59 Å². The van der Waals surface area contributed by atoms with Gasteiger partial charge in [-0.2, -0.15) is 0 Å². The third-order valence-electron chi connectivity index (χ3n) is 4.80. The lowest BCUT2D eigenvalue weighted by atomic mass is 10.1. The number of amides is 1. The predicted octanol–water partition coefficient (Wildman–Crippen LogP) is 4.45. The first-order chi connectivity index (χ1) is 14.1. The zero-order valence-corrected chi connectivity index (χ0v) is 16.3. The minimum atomic E-state index is -0.487. The zero-order valence-electron chi connectivity index (χ0n) is 16.3. The predicted molar refractivity (Wildman–Crippen MR) is 111 cm³/mol. The van der Waals surface area contributed by atoms with Crippen molar-refractivity contribution in [1.29, 1.82) is 0 Å². The molecule has 29 heavy (non-hydrogen) atoms. The smallest absolute Gasteiger partial charge is 0.262 e. The van der Waals surface area contributed by atoms with Crippen LogP contribution in [0.5, 0.6) is 5.75 Å². The Hall–Kier alpha value is -3.67. The molecule has 1 amide bonds. The molecule has 1 atom stereocenters. The van der Waals surface area contributed by atoms with Crippen molar-refractivity contribution in [3.63, 3.8) is 0 Å². The van der Waals surface area contributed by atoms with E-state index in [0.29, 0.717) is 23.4 Å². The normalized spacial score (nSPS) is 15.2. The summed E-state index contributed by atoms with van der Waals surface area (Å²) in [6, 6.07) is 18.2. The highest BCUT2D eigenvalue weighted by Crippen LogP contribution is 2.37. The highest BCUT2D eigenvalue weighted by molar-refractivity contribution is 6.11. The van der Waals surface area contributed by atoms with E-state index in [2.05, 4.69) is 10.3 Å². The van der Waals surface area contributed by atoms with E-state index in [1.54, 1.807) is 35.4 Å². The van der Waals surface area contributed by atoms with Crippen LogP contribution in [0.3, 0.4) is 0 Å². The fourth-order valence-electron chi connectivity index (χ4n) is 3.44. The van der Waals surface area contributed by atoms with Crippen molar-refractivity contribution in [2.75, 3.05) is 16.8 Å². The van der Waals surface area contributed by atoms with Gasteiger partial charge in [-0.1, -0.05) is 12.1 Å². The largest absolute Gasteiger partial charge is 0.494 e. The molecule has 6 heteroatoms. The number of anilines is 2. The number of Topliss-reactive ketones (excluding diaryl/α,β-unsaturated/α-hetero) is 1. The van der Waals surface area contributed by atoms with Gasteiger partial charge < -0.3 is 10.1 Å². The summed E-state index contributed by atoms with van der Waals surface area (Å²) in [7, 11) is 0. The van der Waals surface area contributed by atoms with Crippen LogP contribution in [0.15, 0.2) is 66.9 Å². The van der Waals surface area contributed by atoms with Gasteiger partial charge >= 0.3 is 0 Å². The van der Waals surface area contributed by atoms with Crippen LogP contribution in [0.2, 0.25) is 0 Å². The van der Waals surface area contributed by atoms with Gasteiger partial charge in [0.25, 0.3) is 5.91 Å². The van der Waals surface area contributed by atoms with Crippen molar-refractivity contribution in [3.05, 3.63) is 83.7 Å². The van der Waals surface area contributed by atoms with Gasteiger partial charge in [-0.25, -0.2) is 0 Å². The van der Waals surface area contributed by atoms with Gasteiger partial charge in [0, 0.05) is 23.1 Å². The van der Waals surface area contributed by atoms with E-state index in [4.69, 9.17) is 4.74 Å². The van der Waals surface area contributed by atoms with Crippen LogP contribution in [0, 0.1) is 0 Å². The highest BCUT2D eigenvalue weighted by atomic mass is 16.5. The summed E-state index contributed by atoms with van der Waals surface area (Å²) >= 11 is 0. The molecule has 0 saturated carbocycles. The van der Waals surface area contributed by atoms with Crippen LogP contribution < -0.4 is 15.0 Å². The van der Waals surface area contributed by atoms with Gasteiger partial charge in [-0.3, -0.25) is 19.5 Å². The van der Waals surface area contributed by atoms with Crippen molar-refractivity contribution in [1.82, 2.24) is 4.98 Å². The first kappa shape index (κ1) is 18.7. The van der Waals surface area contributed by atoms with Gasteiger partial charge in [0.1, 0.15) is 5.75 Å². The molecule has 0 aliphatic carbocycles. The maximum atomic E-state index is 13.1. The Morgan fingerprint density at radius 1 is 1.14 bits per heavy atom. The Balaban J connectivity index is 1.72. The average Bonchev–Trinajstić information content (AvgIpc) is 3.01. The molecular formula is C23H21N3O3. The van der Waals surface area contributed by atoms with E-state index >= 15 is 0 Å². The zero-order chi connectivity index (χ0) is 20.4. The highest BCUT2D eigenvalue weighted by Gasteiger charge is 2.39. The van der Waals surface area contributed by atoms with E-state index in [0.717, 1.165) is 17.1 Å². The summed E-state index contributed by atoms with van der Waals surface area (Å²) in [6.45, 7) is 4.03. The fraction of sp³-hybridized carbons (Fsp3) is 0.174. The summed E-state index contributed by atoms with van der Waals surface area (Å²) in [5, 5.41) is 3.37. The topological polar surface area (TPSA) is 71.5 Å². The monoisotopic (exact) mass is 387 g/mol. The Morgan fingerprint density at radius 2 is 1.93 bits per heavy atom. The molecular weight excluding hydrogens is 366 g/mol. The third-order valence-corrected chi connectivity index (χ3v) is 4.80. The molecule has 2 aromatic carbocycles. The number of fused-ring (bicyclic) bond motifs is 1. The second-order valence-electron chi connectivity index (χ2n) is 6.72. The molecule has 1 N–H and O–H groups in total. The average molecular weight is 387 g/mol. The van der Waals surface area contributed by atoms with Crippen molar-refractivity contribution < 1.29 is 14.3 Å². The lowest BCUT2D eigenvalue weighted by molar-refractivity contribution is 0.0989. The standard InChI is InChI=1S/C23H21N3O3/c1-3-29-19-11-9-18(10-12-19)26-22(21-20(23(26)28)8-5-13-24-21)25-17-7-4-6-16(14-17)15(2)27/h4-14,22,25H,3H2,1-2H3/t22-/m1/s1. The van der Waals surface area contributed by atoms with Gasteiger partial charge in [0.2, 0.25) is 0 Å². The maximum Gasteiger partial charge on any atom is 0.262 e. The van der Waals surface area contributed by atoms with Crippen LogP contribution in [0.4, 0.5) is 11.4 Å². The van der Waals surface area contributed by atoms with Crippen LogP contribution in [-0.2, 0) is 0 Å². The van der Waals surface area contributed by atoms with E-state index in [1.807, 2.05) is 43.3 Å². The Morgan fingerprint density at radius 3 is 2.66 bits per heavy atom. The molecule has 0 saturated heterocycles. The molecule has 6 nitrogen and oxygen atoms in total. The number of carbonyl (C=O) groups excluding carboxylic acids is 2. The van der Waals surface area contributed by atoms with Gasteiger partial charge in [-0.15, -0.1) is 0 Å². The summed E-state index contributed by atoms with van der Waals surface area (Å²) in [5.41, 5.74) is 3.29. The molecule has 0 bridgehead atoms. The first-order valence-electron chi connectivity index (χ1n) is 9.47. The van der Waals surface area contributed by atoms with Crippen LogP contribution >= 0.6 is 0 Å². The number of rotatable bonds is 6. The number of hydrogen-bond donors (Lipinski definition) is 1. The Kier molecular flexibility index (Phi) is 4.99. The lowest BCUT2D eigenvalue weighted by Gasteiger charge is -2.27. The van der Waals surface area contributed by atoms with Crippen LogP contribution in [-0.4, -0.2) is 23.3 Å². The minimum Gasteiger partial charge on any atom is -0.494 e. The second kappa shape index (κ2) is 7.75. The van der Waals surface area contributed by atoms with Crippen molar-refractivity contribution in [2.45, 2.75) is 20.0 Å². The second-order valence-corrected chi connectivity index (χ2v) is 6.72. The van der Waals surface area contributed by atoms with Gasteiger partial charge in [0.05, 0.1) is 17.9 Å². The molecule has 1 aliphatic heterocycles. The number of aromatic nitrogens is 1. The number of benzene rings is 2. The molecule has 0 fully saturated rings. The molecule has 146 valence electrons. The molecule has 0 spiro atoms. The number of ether oxygens (including phenoxy) is 1. The maximum absolute atomic E-state index is 13.1. The molecule has 0 radical (unpaired) electrons. The Labute approximate surface area is 169 Å². The number of nitrogens with one attached hydrogen (secondary N) is 1. The lowest BCUT2D eigenvalue weighted by Crippen LogP contribution is -2.32. The first-order valence-corrected chi connectivity index (χ1v) is 9.47. The summed E-state index contributed by atoms with van der Waals surface area (Å²) in [5.74, 6) is 0.604. The number of ketones is 1. The summed E-state index contributed by atoms with van der Waals surface area (Å²) in [4.78, 5) is 31.0. The van der Waals surface area contributed by atoms with E-state index < -0.39 is 6.17 Å². The van der Waals surface area contributed by atoms with Crippen molar-refractivity contribution >= 4 is 23.1 Å². The van der Waals surface area contributed by atoms with Crippen molar-refractivity contribution in [3.8, 4) is 5.75 Å². The number of nitrogens with zero attached hydrogens (tertiary/aromatic N) is 2. The third kappa shape index (κ3) is 3.57. The van der Waals surface area contributed by atoms with Gasteiger partial charge in [0.15, 0.2) is 11.9 Å². The molecule has 1 aliphatic rings. The summed E-state index contributed by atoms with van der Waals surface area (Å²) in [6.07, 6.45) is 1.19.